The summed E-state index contributed by atoms with van der Waals surface area (Å²) in [6, 6.07) is 9.28. The molecule has 25 heavy (non-hydrogen) atoms. The topological polar surface area (TPSA) is 45.2 Å². The summed E-state index contributed by atoms with van der Waals surface area (Å²) in [6.45, 7) is 4.13. The Morgan fingerprint density at radius 3 is 2.84 bits per heavy atom. The molecule has 0 spiro atoms. The second-order valence-electron chi connectivity index (χ2n) is 6.12. The molecule has 3 rings (SSSR count). The monoisotopic (exact) mass is 330 g/mol. The number of hydrogen-bond donors (Lipinski definition) is 2. The molecule has 0 bridgehead atoms. The van der Waals surface area contributed by atoms with Gasteiger partial charge in [-0.25, -0.2) is 4.98 Å². The van der Waals surface area contributed by atoms with Crippen LogP contribution in [0.5, 0.6) is 5.75 Å². The van der Waals surface area contributed by atoms with Crippen LogP contribution in [0.4, 0.5) is 5.82 Å². The van der Waals surface area contributed by atoms with Crippen molar-refractivity contribution in [3.63, 3.8) is 0 Å². The molecule has 0 amide bonds. The second-order valence-corrected chi connectivity index (χ2v) is 6.12. The van der Waals surface area contributed by atoms with Crippen molar-refractivity contribution in [3.05, 3.63) is 89.8 Å². The van der Waals surface area contributed by atoms with Gasteiger partial charge in [0.15, 0.2) is 0 Å². The van der Waals surface area contributed by atoms with E-state index in [0.717, 1.165) is 28.9 Å². The number of aromatic nitrogens is 1. The minimum atomic E-state index is 0.260. The van der Waals surface area contributed by atoms with Gasteiger partial charge in [0, 0.05) is 18.0 Å². The van der Waals surface area contributed by atoms with Gasteiger partial charge in [-0.3, -0.25) is 0 Å². The average Bonchev–Trinajstić information content (AvgIpc) is 2.90. The first-order valence-corrected chi connectivity index (χ1v) is 8.35. The van der Waals surface area contributed by atoms with E-state index >= 15 is 0 Å². The van der Waals surface area contributed by atoms with Crippen LogP contribution >= 0.6 is 0 Å². The molecule has 0 saturated heterocycles. The van der Waals surface area contributed by atoms with Gasteiger partial charge in [-0.1, -0.05) is 42.5 Å². The number of nitrogens with zero attached hydrogens (tertiary/aromatic N) is 1. The summed E-state index contributed by atoms with van der Waals surface area (Å²) in [7, 11) is 0. The van der Waals surface area contributed by atoms with E-state index in [4.69, 9.17) is 0 Å². The van der Waals surface area contributed by atoms with Crippen molar-refractivity contribution in [2.45, 2.75) is 20.3 Å². The van der Waals surface area contributed by atoms with Crippen LogP contribution < -0.4 is 5.32 Å². The highest BCUT2D eigenvalue weighted by atomic mass is 16.3. The highest BCUT2D eigenvalue weighted by Crippen LogP contribution is 2.26. The number of nitrogens with one attached hydrogen (secondary N) is 1. The van der Waals surface area contributed by atoms with Crippen LogP contribution in [0.15, 0.2) is 84.3 Å². The molecule has 126 valence electrons. The lowest BCUT2D eigenvalue weighted by molar-refractivity contribution is 0.475. The number of phenolic OH excluding ortho intramolecular Hbond substituents is 1. The smallest absolute Gasteiger partial charge is 0.132 e. The first-order valence-electron chi connectivity index (χ1n) is 8.35. The maximum absolute atomic E-state index is 9.63. The largest absolute Gasteiger partial charge is 0.508 e. The van der Waals surface area contributed by atoms with Crippen molar-refractivity contribution < 1.29 is 5.11 Å². The summed E-state index contributed by atoms with van der Waals surface area (Å²) in [5.41, 5.74) is 5.47. The molecule has 1 aliphatic rings. The third-order valence-corrected chi connectivity index (χ3v) is 4.18. The molecular formula is C22H22N2O. The van der Waals surface area contributed by atoms with Crippen LogP contribution in [0.1, 0.15) is 18.9 Å². The molecule has 0 unspecified atom stereocenters. The maximum Gasteiger partial charge on any atom is 0.132 e. The molecule has 0 radical (unpaired) electrons. The highest BCUT2D eigenvalue weighted by molar-refractivity contribution is 5.67. The molecule has 0 atom stereocenters. The Morgan fingerprint density at radius 2 is 2.04 bits per heavy atom. The first-order chi connectivity index (χ1) is 12.1. The van der Waals surface area contributed by atoms with E-state index in [9.17, 15) is 5.11 Å². The number of anilines is 1. The van der Waals surface area contributed by atoms with E-state index in [1.807, 2.05) is 37.5 Å². The molecule has 1 aromatic heterocycles. The van der Waals surface area contributed by atoms with Gasteiger partial charge < -0.3 is 10.4 Å². The third kappa shape index (κ3) is 4.27. The Morgan fingerprint density at radius 1 is 1.16 bits per heavy atom. The zero-order valence-electron chi connectivity index (χ0n) is 14.5. The second kappa shape index (κ2) is 7.67. The van der Waals surface area contributed by atoms with Gasteiger partial charge in [-0.05, 0) is 60.7 Å². The lowest BCUT2D eigenvalue weighted by atomic mass is 10.0. The van der Waals surface area contributed by atoms with Crippen LogP contribution in [-0.4, -0.2) is 10.1 Å². The summed E-state index contributed by atoms with van der Waals surface area (Å²) in [5, 5.41) is 12.9. The van der Waals surface area contributed by atoms with Gasteiger partial charge in [-0.15, -0.1) is 0 Å². The number of pyridine rings is 1. The lowest BCUT2D eigenvalue weighted by Gasteiger charge is -2.10. The molecule has 1 aromatic carbocycles. The van der Waals surface area contributed by atoms with Crippen LogP contribution in [0, 0.1) is 6.92 Å². The van der Waals surface area contributed by atoms with Crippen molar-refractivity contribution in [1.82, 2.24) is 4.98 Å². The van der Waals surface area contributed by atoms with E-state index in [1.54, 1.807) is 12.1 Å². The quantitative estimate of drug-likeness (QED) is 0.775. The van der Waals surface area contributed by atoms with Gasteiger partial charge >= 0.3 is 0 Å². The average molecular weight is 330 g/mol. The van der Waals surface area contributed by atoms with Crippen LogP contribution in [0.25, 0.3) is 11.1 Å². The number of aromatic hydroxyl groups is 1. The van der Waals surface area contributed by atoms with E-state index < -0.39 is 0 Å². The predicted octanol–water partition coefficient (Wildman–Crippen LogP) is 5.52. The van der Waals surface area contributed by atoms with Crippen LogP contribution in [0.3, 0.4) is 0 Å². The minimum Gasteiger partial charge on any atom is -0.508 e. The summed E-state index contributed by atoms with van der Waals surface area (Å²) in [5.74, 6) is 1.10. The van der Waals surface area contributed by atoms with Crippen LogP contribution in [-0.2, 0) is 0 Å². The molecular weight excluding hydrogens is 308 g/mol. The minimum absolute atomic E-state index is 0.260. The van der Waals surface area contributed by atoms with Crippen LogP contribution in [0.2, 0.25) is 0 Å². The highest BCUT2D eigenvalue weighted by Gasteiger charge is 2.05. The maximum atomic E-state index is 9.63. The summed E-state index contributed by atoms with van der Waals surface area (Å²) in [4.78, 5) is 4.54. The molecule has 2 N–H and O–H groups in total. The third-order valence-electron chi connectivity index (χ3n) is 4.18. The standard InChI is InChI=1S/C22H22N2O/c1-16-12-20(19-10-7-11-21(25)13-19)15-24-22(16)23-14-17(2)18-8-5-3-4-6-9-18/h3-8,10-15,25H,9H2,1-2H3,(H,23,24)/b17-14+. The van der Waals surface area contributed by atoms with Gasteiger partial charge in [0.2, 0.25) is 0 Å². The molecule has 3 nitrogen and oxygen atoms in total. The Kier molecular flexibility index (Phi) is 5.14. The van der Waals surface area contributed by atoms with Gasteiger partial charge in [0.25, 0.3) is 0 Å². The summed E-state index contributed by atoms with van der Waals surface area (Å²) < 4.78 is 0. The van der Waals surface area contributed by atoms with E-state index in [0.29, 0.717) is 0 Å². The fraction of sp³-hybridized carbons (Fsp3) is 0.136. The van der Waals surface area contributed by atoms with Crippen molar-refractivity contribution in [2.75, 3.05) is 5.32 Å². The van der Waals surface area contributed by atoms with Gasteiger partial charge in [-0.2, -0.15) is 0 Å². The number of allylic oxidation sites excluding steroid dienone is 7. The number of aryl methyl sites for hydroxylation is 1. The SMILES string of the molecule is C/C(=C\Nc1ncc(-c2cccc(O)c2)cc1C)C1=CC=CC=CC1. The van der Waals surface area contributed by atoms with Gasteiger partial charge in [0.05, 0.1) is 0 Å². The molecule has 0 saturated carbocycles. The zero-order valence-corrected chi connectivity index (χ0v) is 14.5. The van der Waals surface area contributed by atoms with Crippen molar-refractivity contribution >= 4 is 5.82 Å². The van der Waals surface area contributed by atoms with E-state index in [-0.39, 0.29) is 5.75 Å². The fourth-order valence-electron chi connectivity index (χ4n) is 2.71. The molecule has 1 heterocycles. The first kappa shape index (κ1) is 16.8. The zero-order chi connectivity index (χ0) is 17.6. The normalized spacial score (nSPS) is 14.2. The van der Waals surface area contributed by atoms with Crippen molar-refractivity contribution in [1.29, 1.82) is 0 Å². The Hall–Kier alpha value is -3.07. The predicted molar refractivity (Wildman–Crippen MR) is 104 cm³/mol. The number of hydrogen-bond acceptors (Lipinski definition) is 3. The Labute approximate surface area is 148 Å². The summed E-state index contributed by atoms with van der Waals surface area (Å²) >= 11 is 0. The van der Waals surface area contributed by atoms with E-state index in [2.05, 4.69) is 47.6 Å². The number of rotatable bonds is 4. The Bertz CT molecular complexity index is 889. The molecule has 3 heteroatoms. The van der Waals surface area contributed by atoms with Crippen molar-refractivity contribution in [2.24, 2.45) is 0 Å². The fourth-order valence-corrected chi connectivity index (χ4v) is 2.71. The number of phenols is 1. The van der Waals surface area contributed by atoms with E-state index in [1.165, 1.54) is 11.1 Å². The lowest BCUT2D eigenvalue weighted by Crippen LogP contribution is -1.98. The van der Waals surface area contributed by atoms with Gasteiger partial charge in [0.1, 0.15) is 11.6 Å². The molecule has 0 fully saturated rings. The molecule has 0 aliphatic heterocycles. The van der Waals surface area contributed by atoms with Crippen molar-refractivity contribution in [3.8, 4) is 16.9 Å². The number of benzene rings is 1. The summed E-state index contributed by atoms with van der Waals surface area (Å²) in [6.07, 6.45) is 15.2. The Balaban J connectivity index is 1.77. The molecule has 2 aromatic rings. The molecule has 1 aliphatic carbocycles.